The fourth-order valence-electron chi connectivity index (χ4n) is 1.66. The van der Waals surface area contributed by atoms with Crippen molar-refractivity contribution in [2.45, 2.75) is 18.9 Å². The molecule has 1 aromatic heterocycles. The number of imide groups is 1. The number of carbonyl (C=O) groups is 3. The van der Waals surface area contributed by atoms with Gasteiger partial charge in [0.15, 0.2) is 5.82 Å². The van der Waals surface area contributed by atoms with Gasteiger partial charge in [-0.2, -0.15) is 4.39 Å². The SMILES string of the molecule is O=C1CCC(NC(=O)c2ccnc(F)c2F)C(=O)N1. The summed E-state index contributed by atoms with van der Waals surface area (Å²) >= 11 is 0. The molecular formula is C11H9F2N3O3. The molecule has 19 heavy (non-hydrogen) atoms. The summed E-state index contributed by atoms with van der Waals surface area (Å²) in [4.78, 5) is 37.1. The molecule has 0 aliphatic carbocycles. The maximum absolute atomic E-state index is 13.3. The standard InChI is InChI=1S/C11H9F2N3O3/c12-8-5(3-4-14-9(8)13)10(18)15-6-1-2-7(17)16-11(6)19/h3-4,6H,1-2H2,(H,15,18)(H,16,17,19). The fourth-order valence-corrected chi connectivity index (χ4v) is 1.66. The molecule has 2 N–H and O–H groups in total. The molecule has 0 saturated carbocycles. The molecule has 1 aromatic rings. The fraction of sp³-hybridized carbons (Fsp3) is 0.273. The molecule has 1 atom stereocenters. The summed E-state index contributed by atoms with van der Waals surface area (Å²) in [5.41, 5.74) is -0.544. The highest BCUT2D eigenvalue weighted by atomic mass is 19.2. The van der Waals surface area contributed by atoms with Crippen molar-refractivity contribution in [1.29, 1.82) is 0 Å². The van der Waals surface area contributed by atoms with Crippen molar-refractivity contribution in [2.24, 2.45) is 0 Å². The van der Waals surface area contributed by atoms with Gasteiger partial charge in [0.05, 0.1) is 5.56 Å². The summed E-state index contributed by atoms with van der Waals surface area (Å²) in [7, 11) is 0. The molecule has 100 valence electrons. The van der Waals surface area contributed by atoms with Crippen molar-refractivity contribution in [2.75, 3.05) is 0 Å². The van der Waals surface area contributed by atoms with Gasteiger partial charge in [-0.05, 0) is 12.5 Å². The van der Waals surface area contributed by atoms with E-state index in [0.717, 1.165) is 12.3 Å². The van der Waals surface area contributed by atoms with Crippen molar-refractivity contribution in [1.82, 2.24) is 15.6 Å². The van der Waals surface area contributed by atoms with E-state index in [2.05, 4.69) is 10.3 Å². The van der Waals surface area contributed by atoms with Crippen LogP contribution in [0.2, 0.25) is 0 Å². The quantitative estimate of drug-likeness (QED) is 0.579. The minimum absolute atomic E-state index is 0.0733. The largest absolute Gasteiger partial charge is 0.340 e. The smallest absolute Gasteiger partial charge is 0.255 e. The molecule has 1 fully saturated rings. The van der Waals surface area contributed by atoms with Crippen LogP contribution in [0.5, 0.6) is 0 Å². The Balaban J connectivity index is 2.11. The zero-order valence-corrected chi connectivity index (χ0v) is 9.57. The van der Waals surface area contributed by atoms with E-state index in [1.54, 1.807) is 0 Å². The van der Waals surface area contributed by atoms with Crippen LogP contribution in [-0.4, -0.2) is 28.7 Å². The van der Waals surface area contributed by atoms with Gasteiger partial charge in [-0.25, -0.2) is 9.37 Å². The van der Waals surface area contributed by atoms with Gasteiger partial charge >= 0.3 is 0 Å². The van der Waals surface area contributed by atoms with Crippen LogP contribution >= 0.6 is 0 Å². The van der Waals surface area contributed by atoms with Gasteiger partial charge in [-0.1, -0.05) is 0 Å². The number of carbonyl (C=O) groups excluding carboxylic acids is 3. The number of amides is 3. The van der Waals surface area contributed by atoms with E-state index >= 15 is 0 Å². The Kier molecular flexibility index (Phi) is 3.50. The molecule has 1 aliphatic rings. The Morgan fingerprint density at radius 1 is 1.42 bits per heavy atom. The number of pyridine rings is 1. The van der Waals surface area contributed by atoms with Gasteiger partial charge in [-0.3, -0.25) is 19.7 Å². The molecule has 0 radical (unpaired) electrons. The van der Waals surface area contributed by atoms with Crippen molar-refractivity contribution < 1.29 is 23.2 Å². The van der Waals surface area contributed by atoms with E-state index < -0.39 is 41.1 Å². The number of hydrogen-bond donors (Lipinski definition) is 2. The highest BCUT2D eigenvalue weighted by molar-refractivity contribution is 6.03. The average Bonchev–Trinajstić information content (AvgIpc) is 2.36. The zero-order chi connectivity index (χ0) is 14.0. The Hall–Kier alpha value is -2.38. The maximum atomic E-state index is 13.3. The van der Waals surface area contributed by atoms with E-state index in [-0.39, 0.29) is 12.8 Å². The molecule has 2 rings (SSSR count). The first-order chi connectivity index (χ1) is 8.99. The predicted molar refractivity (Wildman–Crippen MR) is 57.8 cm³/mol. The molecule has 0 spiro atoms. The minimum atomic E-state index is -1.39. The third-order valence-electron chi connectivity index (χ3n) is 2.64. The van der Waals surface area contributed by atoms with Crippen LogP contribution in [0.1, 0.15) is 23.2 Å². The number of piperidine rings is 1. The molecule has 8 heteroatoms. The van der Waals surface area contributed by atoms with Gasteiger partial charge in [0.1, 0.15) is 6.04 Å². The number of aromatic nitrogens is 1. The highest BCUT2D eigenvalue weighted by Gasteiger charge is 2.29. The third-order valence-corrected chi connectivity index (χ3v) is 2.64. The lowest BCUT2D eigenvalue weighted by molar-refractivity contribution is -0.134. The number of hydrogen-bond acceptors (Lipinski definition) is 4. The van der Waals surface area contributed by atoms with E-state index in [0.29, 0.717) is 0 Å². The van der Waals surface area contributed by atoms with Crippen LogP contribution in [0.25, 0.3) is 0 Å². The zero-order valence-electron chi connectivity index (χ0n) is 9.57. The number of rotatable bonds is 2. The van der Waals surface area contributed by atoms with Gasteiger partial charge in [0.2, 0.25) is 17.8 Å². The maximum Gasteiger partial charge on any atom is 0.255 e. The Labute approximate surface area is 106 Å². The molecule has 1 saturated heterocycles. The summed E-state index contributed by atoms with van der Waals surface area (Å²) in [6.07, 6.45) is 1.13. The summed E-state index contributed by atoms with van der Waals surface area (Å²) in [5.74, 6) is -4.81. The summed E-state index contributed by atoms with van der Waals surface area (Å²) in [5, 5.41) is 4.28. The summed E-state index contributed by atoms with van der Waals surface area (Å²) in [6.45, 7) is 0. The highest BCUT2D eigenvalue weighted by Crippen LogP contribution is 2.11. The molecule has 1 unspecified atom stereocenters. The summed E-state index contributed by atoms with van der Waals surface area (Å²) in [6, 6.07) is 0.0560. The van der Waals surface area contributed by atoms with Gasteiger partial charge in [0, 0.05) is 12.6 Å². The van der Waals surface area contributed by atoms with E-state index in [4.69, 9.17) is 0 Å². The van der Waals surface area contributed by atoms with E-state index in [9.17, 15) is 23.2 Å². The van der Waals surface area contributed by atoms with Crippen LogP contribution in [0.3, 0.4) is 0 Å². The lowest BCUT2D eigenvalue weighted by atomic mass is 10.1. The molecule has 0 aromatic carbocycles. The van der Waals surface area contributed by atoms with Crippen LogP contribution in [0, 0.1) is 11.8 Å². The van der Waals surface area contributed by atoms with Crippen molar-refractivity contribution in [3.05, 3.63) is 29.6 Å². The van der Waals surface area contributed by atoms with E-state index in [1.807, 2.05) is 5.32 Å². The Morgan fingerprint density at radius 3 is 2.84 bits per heavy atom. The normalized spacial score (nSPS) is 18.9. The van der Waals surface area contributed by atoms with Crippen LogP contribution in [0.15, 0.2) is 12.3 Å². The topological polar surface area (TPSA) is 88.2 Å². The first kappa shape index (κ1) is 13.1. The molecule has 3 amide bonds. The second-order valence-electron chi connectivity index (χ2n) is 3.94. The first-order valence-corrected chi connectivity index (χ1v) is 5.43. The molecule has 1 aliphatic heterocycles. The molecule has 6 nitrogen and oxygen atoms in total. The lowest BCUT2D eigenvalue weighted by Crippen LogP contribution is -2.52. The second kappa shape index (κ2) is 5.09. The second-order valence-corrected chi connectivity index (χ2v) is 3.94. The van der Waals surface area contributed by atoms with Crippen molar-refractivity contribution in [3.8, 4) is 0 Å². The van der Waals surface area contributed by atoms with Crippen molar-refractivity contribution >= 4 is 17.7 Å². The van der Waals surface area contributed by atoms with E-state index in [1.165, 1.54) is 0 Å². The average molecular weight is 269 g/mol. The monoisotopic (exact) mass is 269 g/mol. The Bertz CT molecular complexity index is 562. The summed E-state index contributed by atoms with van der Waals surface area (Å²) < 4.78 is 26.2. The van der Waals surface area contributed by atoms with Crippen LogP contribution < -0.4 is 10.6 Å². The predicted octanol–water partition coefficient (Wildman–Crippen LogP) is -0.105. The molecular weight excluding hydrogens is 260 g/mol. The first-order valence-electron chi connectivity index (χ1n) is 5.43. The van der Waals surface area contributed by atoms with Crippen molar-refractivity contribution in [3.63, 3.8) is 0 Å². The minimum Gasteiger partial charge on any atom is -0.340 e. The Morgan fingerprint density at radius 2 is 2.16 bits per heavy atom. The van der Waals surface area contributed by atoms with Gasteiger partial charge in [0.25, 0.3) is 5.91 Å². The van der Waals surface area contributed by atoms with Crippen LogP contribution in [-0.2, 0) is 9.59 Å². The number of halogens is 2. The van der Waals surface area contributed by atoms with Gasteiger partial charge in [-0.15, -0.1) is 0 Å². The van der Waals surface area contributed by atoms with Gasteiger partial charge < -0.3 is 5.32 Å². The third kappa shape index (κ3) is 2.72. The molecule has 0 bridgehead atoms. The number of nitrogens with zero attached hydrogens (tertiary/aromatic N) is 1. The number of nitrogens with one attached hydrogen (secondary N) is 2. The van der Waals surface area contributed by atoms with Crippen LogP contribution in [0.4, 0.5) is 8.78 Å². The lowest BCUT2D eigenvalue weighted by Gasteiger charge is -2.21. The molecule has 2 heterocycles.